The molecular formula is C31H40NO2+. The number of hydrogen-bond acceptors (Lipinski definition) is 2. The molecule has 3 aromatic rings. The fourth-order valence-electron chi connectivity index (χ4n) is 5.89. The summed E-state index contributed by atoms with van der Waals surface area (Å²) in [7, 11) is 2.35. The Morgan fingerprint density at radius 2 is 1.32 bits per heavy atom. The van der Waals surface area contributed by atoms with Gasteiger partial charge in [0.05, 0.1) is 33.4 Å². The van der Waals surface area contributed by atoms with Gasteiger partial charge < -0.3 is 14.3 Å². The van der Waals surface area contributed by atoms with Crippen LogP contribution in [0.2, 0.25) is 0 Å². The van der Waals surface area contributed by atoms with E-state index in [1.165, 1.54) is 5.56 Å². The quantitative estimate of drug-likeness (QED) is 0.291. The smallest absolute Gasteiger partial charge is 0.121 e. The van der Waals surface area contributed by atoms with E-state index in [-0.39, 0.29) is 5.41 Å². The molecule has 0 saturated carbocycles. The maximum atomic E-state index is 12.6. The number of quaternary nitrogens is 1. The molecule has 1 saturated heterocycles. The molecule has 0 atom stereocenters. The predicted molar refractivity (Wildman–Crippen MR) is 139 cm³/mol. The third kappa shape index (κ3) is 5.12. The van der Waals surface area contributed by atoms with Gasteiger partial charge in [0, 0.05) is 18.3 Å². The number of piperidine rings is 1. The van der Waals surface area contributed by atoms with E-state index in [0.717, 1.165) is 67.5 Å². The Labute approximate surface area is 205 Å². The zero-order valence-electron chi connectivity index (χ0n) is 20.8. The second-order valence-electron chi connectivity index (χ2n) is 10.3. The molecule has 1 N–H and O–H groups in total. The van der Waals surface area contributed by atoms with Crippen molar-refractivity contribution in [2.24, 2.45) is 5.41 Å². The molecule has 3 nitrogen and oxygen atoms in total. The van der Waals surface area contributed by atoms with Crippen LogP contribution in [0.15, 0.2) is 91.0 Å². The van der Waals surface area contributed by atoms with E-state index in [2.05, 4.69) is 86.8 Å². The molecule has 180 valence electrons. The van der Waals surface area contributed by atoms with Gasteiger partial charge in [0.2, 0.25) is 0 Å². The van der Waals surface area contributed by atoms with E-state index in [1.807, 2.05) is 18.2 Å². The highest BCUT2D eigenvalue weighted by atomic mass is 16.5. The SMILES string of the molecule is CCCC1(C(O)(c2ccccc2)c2ccccc2)CC[N+](C)(CCOCc2ccccc2)CC1. The molecule has 3 aromatic carbocycles. The molecule has 1 aliphatic rings. The first-order chi connectivity index (χ1) is 16.5. The average molecular weight is 459 g/mol. The van der Waals surface area contributed by atoms with Crippen LogP contribution in [0, 0.1) is 5.41 Å². The zero-order valence-corrected chi connectivity index (χ0v) is 20.8. The molecule has 0 aliphatic carbocycles. The lowest BCUT2D eigenvalue weighted by Gasteiger charge is -2.54. The fourth-order valence-corrected chi connectivity index (χ4v) is 5.89. The number of aliphatic hydroxyl groups is 1. The van der Waals surface area contributed by atoms with E-state index >= 15 is 0 Å². The molecule has 0 aromatic heterocycles. The van der Waals surface area contributed by atoms with Crippen molar-refractivity contribution < 1.29 is 14.3 Å². The van der Waals surface area contributed by atoms with Gasteiger partial charge in [0.25, 0.3) is 0 Å². The van der Waals surface area contributed by atoms with E-state index in [1.54, 1.807) is 0 Å². The van der Waals surface area contributed by atoms with Gasteiger partial charge in [-0.3, -0.25) is 0 Å². The number of benzene rings is 3. The topological polar surface area (TPSA) is 29.5 Å². The van der Waals surface area contributed by atoms with Crippen LogP contribution in [0.3, 0.4) is 0 Å². The summed E-state index contributed by atoms with van der Waals surface area (Å²) >= 11 is 0. The lowest BCUT2D eigenvalue weighted by atomic mass is 9.58. The average Bonchev–Trinajstić information content (AvgIpc) is 2.89. The van der Waals surface area contributed by atoms with Gasteiger partial charge in [0.15, 0.2) is 0 Å². The molecule has 0 spiro atoms. The maximum Gasteiger partial charge on any atom is 0.121 e. The van der Waals surface area contributed by atoms with Crippen LogP contribution in [-0.2, 0) is 16.9 Å². The van der Waals surface area contributed by atoms with E-state index in [4.69, 9.17) is 4.74 Å². The van der Waals surface area contributed by atoms with Crippen LogP contribution in [-0.4, -0.2) is 42.9 Å². The van der Waals surface area contributed by atoms with Crippen molar-refractivity contribution in [3.8, 4) is 0 Å². The summed E-state index contributed by atoms with van der Waals surface area (Å²) < 4.78 is 7.03. The second-order valence-corrected chi connectivity index (χ2v) is 10.3. The Kier molecular flexibility index (Phi) is 7.88. The standard InChI is InChI=1S/C31H40NO2/c1-3-19-30(31(33,28-15-9-5-10-16-28)29-17-11-6-12-18-29)20-22-32(2,23-21-30)24-25-34-26-27-13-7-4-8-14-27/h4-18,33H,3,19-26H2,1-2H3/q+1. The summed E-state index contributed by atoms with van der Waals surface area (Å²) in [4.78, 5) is 0. The van der Waals surface area contributed by atoms with Gasteiger partial charge in [-0.05, 0) is 23.1 Å². The van der Waals surface area contributed by atoms with E-state index < -0.39 is 5.60 Å². The molecule has 0 unspecified atom stereocenters. The van der Waals surface area contributed by atoms with Crippen molar-refractivity contribution in [1.82, 2.24) is 0 Å². The van der Waals surface area contributed by atoms with Gasteiger partial charge in [0.1, 0.15) is 12.1 Å². The van der Waals surface area contributed by atoms with Crippen LogP contribution >= 0.6 is 0 Å². The molecule has 4 rings (SSSR count). The monoisotopic (exact) mass is 458 g/mol. The number of ether oxygens (including phenoxy) is 1. The Hall–Kier alpha value is -2.46. The molecule has 0 radical (unpaired) electrons. The summed E-state index contributed by atoms with van der Waals surface area (Å²) in [6, 6.07) is 31.1. The van der Waals surface area contributed by atoms with Gasteiger partial charge in [-0.2, -0.15) is 0 Å². The van der Waals surface area contributed by atoms with Crippen molar-refractivity contribution in [3.05, 3.63) is 108 Å². The molecule has 1 aliphatic heterocycles. The third-order valence-electron chi connectivity index (χ3n) is 8.03. The predicted octanol–water partition coefficient (Wildman–Crippen LogP) is 6.17. The van der Waals surface area contributed by atoms with Crippen molar-refractivity contribution in [2.45, 2.75) is 44.8 Å². The zero-order chi connectivity index (χ0) is 23.9. The van der Waals surface area contributed by atoms with Crippen LogP contribution < -0.4 is 0 Å². The summed E-state index contributed by atoms with van der Waals surface area (Å²) in [5.41, 5.74) is 2.06. The molecule has 0 bridgehead atoms. The van der Waals surface area contributed by atoms with Crippen molar-refractivity contribution in [3.63, 3.8) is 0 Å². The first-order valence-corrected chi connectivity index (χ1v) is 12.8. The summed E-state index contributed by atoms with van der Waals surface area (Å²) in [6.07, 6.45) is 4.07. The van der Waals surface area contributed by atoms with Crippen LogP contribution in [0.1, 0.15) is 49.3 Å². The lowest BCUT2D eigenvalue weighted by Crippen LogP contribution is -2.59. The van der Waals surface area contributed by atoms with Crippen LogP contribution in [0.25, 0.3) is 0 Å². The van der Waals surface area contributed by atoms with Gasteiger partial charge >= 0.3 is 0 Å². The van der Waals surface area contributed by atoms with Crippen LogP contribution in [0.4, 0.5) is 0 Å². The molecule has 0 amide bonds. The first kappa shape index (κ1) is 24.7. The van der Waals surface area contributed by atoms with Crippen molar-refractivity contribution in [1.29, 1.82) is 0 Å². The Morgan fingerprint density at radius 1 is 0.824 bits per heavy atom. The van der Waals surface area contributed by atoms with Gasteiger partial charge in [-0.25, -0.2) is 0 Å². The Bertz CT molecular complexity index is 956. The summed E-state index contributed by atoms with van der Waals surface area (Å²) in [6.45, 7) is 6.78. The van der Waals surface area contributed by atoms with Crippen LogP contribution in [0.5, 0.6) is 0 Å². The van der Waals surface area contributed by atoms with E-state index in [0.29, 0.717) is 6.61 Å². The van der Waals surface area contributed by atoms with Gasteiger partial charge in [-0.15, -0.1) is 0 Å². The number of hydrogen-bond donors (Lipinski definition) is 1. The number of likely N-dealkylation sites (tertiary alicyclic amines) is 1. The number of rotatable bonds is 10. The Balaban J connectivity index is 1.51. The maximum absolute atomic E-state index is 12.6. The highest BCUT2D eigenvalue weighted by molar-refractivity contribution is 5.39. The Morgan fingerprint density at radius 3 is 1.82 bits per heavy atom. The highest BCUT2D eigenvalue weighted by Crippen LogP contribution is 2.54. The second kappa shape index (κ2) is 10.9. The lowest BCUT2D eigenvalue weighted by molar-refractivity contribution is -0.917. The summed E-state index contributed by atoms with van der Waals surface area (Å²) in [5, 5.41) is 12.6. The molecule has 3 heteroatoms. The molecule has 34 heavy (non-hydrogen) atoms. The minimum atomic E-state index is -0.999. The number of nitrogens with zero attached hydrogens (tertiary/aromatic N) is 1. The number of likely N-dealkylation sites (N-methyl/N-ethyl adjacent to an activating group) is 1. The molecule has 1 fully saturated rings. The van der Waals surface area contributed by atoms with Crippen molar-refractivity contribution in [2.75, 3.05) is 33.3 Å². The minimum absolute atomic E-state index is 0.187. The summed E-state index contributed by atoms with van der Waals surface area (Å²) in [5.74, 6) is 0. The normalized spacial score (nSPS) is 23.0. The molecular weight excluding hydrogens is 418 g/mol. The third-order valence-corrected chi connectivity index (χ3v) is 8.03. The van der Waals surface area contributed by atoms with E-state index in [9.17, 15) is 5.11 Å². The highest BCUT2D eigenvalue weighted by Gasteiger charge is 2.55. The largest absolute Gasteiger partial charge is 0.380 e. The fraction of sp³-hybridized carbons (Fsp3) is 0.419. The molecule has 1 heterocycles. The first-order valence-electron chi connectivity index (χ1n) is 12.8. The van der Waals surface area contributed by atoms with Crippen molar-refractivity contribution >= 4 is 0 Å². The van der Waals surface area contributed by atoms with Gasteiger partial charge in [-0.1, -0.05) is 104 Å². The minimum Gasteiger partial charge on any atom is -0.380 e.